The number of sulfonamides is 1. The van der Waals surface area contributed by atoms with Crippen LogP contribution < -0.4 is 4.72 Å². The van der Waals surface area contributed by atoms with Gasteiger partial charge < -0.3 is 0 Å². The van der Waals surface area contributed by atoms with E-state index in [1.807, 2.05) is 19.2 Å². The Kier molecular flexibility index (Phi) is 5.55. The Morgan fingerprint density at radius 3 is 2.96 bits per heavy atom. The van der Waals surface area contributed by atoms with Gasteiger partial charge in [0.2, 0.25) is 5.96 Å². The summed E-state index contributed by atoms with van der Waals surface area (Å²) in [6.45, 7) is 4.94. The summed E-state index contributed by atoms with van der Waals surface area (Å²) < 4.78 is 27.6. The van der Waals surface area contributed by atoms with Crippen molar-refractivity contribution in [2.75, 3.05) is 13.1 Å². The van der Waals surface area contributed by atoms with E-state index in [0.717, 1.165) is 6.42 Å². The molecule has 124 valence electrons. The molecular formula is C15H21N5O2S. The van der Waals surface area contributed by atoms with Crippen LogP contribution in [0, 0.1) is 17.2 Å². The molecule has 0 aromatic heterocycles. The Hall–Kier alpha value is -2.14. The number of nitriles is 1. The second-order valence-electron chi connectivity index (χ2n) is 5.34. The minimum absolute atomic E-state index is 0.110. The minimum atomic E-state index is -3.77. The smallest absolute Gasteiger partial charge is 0.251 e. The molecule has 0 spiro atoms. The molecule has 0 bridgehead atoms. The lowest BCUT2D eigenvalue weighted by molar-refractivity contribution is 0.430. The van der Waals surface area contributed by atoms with E-state index in [-0.39, 0.29) is 10.9 Å². The molecule has 7 nitrogen and oxygen atoms in total. The average Bonchev–Trinajstić information content (AvgIpc) is 3.03. The van der Waals surface area contributed by atoms with Gasteiger partial charge in [-0.15, -0.1) is 0 Å². The lowest BCUT2D eigenvalue weighted by Gasteiger charge is -2.20. The number of hydrazone groups is 1. The van der Waals surface area contributed by atoms with Crippen molar-refractivity contribution >= 4 is 22.2 Å². The second kappa shape index (κ2) is 7.42. The van der Waals surface area contributed by atoms with E-state index < -0.39 is 10.0 Å². The van der Waals surface area contributed by atoms with Crippen LogP contribution in [0.2, 0.25) is 0 Å². The highest BCUT2D eigenvalue weighted by atomic mass is 32.2. The van der Waals surface area contributed by atoms with E-state index >= 15 is 0 Å². The number of aliphatic imine (C=N–C) groups is 1. The number of hydrogen-bond donors (Lipinski definition) is 1. The van der Waals surface area contributed by atoms with Crippen LogP contribution in [0.15, 0.2) is 32.7 Å². The van der Waals surface area contributed by atoms with Crippen LogP contribution in [0.25, 0.3) is 0 Å². The van der Waals surface area contributed by atoms with Crippen molar-refractivity contribution in [1.29, 1.82) is 5.26 Å². The fraction of sp³-hybridized carbons (Fsp3) is 0.533. The topological polar surface area (TPSA) is 97.9 Å². The van der Waals surface area contributed by atoms with Crippen LogP contribution in [0.1, 0.15) is 33.1 Å². The normalized spacial score (nSPS) is 21.7. The average molecular weight is 335 g/mol. The van der Waals surface area contributed by atoms with Crippen molar-refractivity contribution in [3.63, 3.8) is 0 Å². The zero-order valence-corrected chi connectivity index (χ0v) is 14.2. The molecule has 1 heterocycles. The predicted octanol–water partition coefficient (Wildman–Crippen LogP) is 1.74. The first-order valence-corrected chi connectivity index (χ1v) is 9.18. The monoisotopic (exact) mass is 335 g/mol. The molecule has 1 N–H and O–H groups in total. The van der Waals surface area contributed by atoms with E-state index in [9.17, 15) is 8.42 Å². The summed E-state index contributed by atoms with van der Waals surface area (Å²) in [5.74, 6) is 0.513. The zero-order valence-electron chi connectivity index (χ0n) is 13.4. The van der Waals surface area contributed by atoms with Crippen molar-refractivity contribution in [3.05, 3.63) is 22.6 Å². The predicted molar refractivity (Wildman–Crippen MR) is 90.0 cm³/mol. The van der Waals surface area contributed by atoms with Gasteiger partial charge >= 0.3 is 0 Å². The van der Waals surface area contributed by atoms with Crippen LogP contribution in [-0.2, 0) is 10.0 Å². The lowest BCUT2D eigenvalue weighted by atomic mass is 10.1. The number of rotatable bonds is 4. The summed E-state index contributed by atoms with van der Waals surface area (Å²) in [7, 11) is -3.77. The summed E-state index contributed by atoms with van der Waals surface area (Å²) in [5, 5.41) is 14.8. The standard InChI is InChI=1S/C15H21N5O2S/c1-3-12-10-18-20(11-12)15(17-4-2)19-23(21,22)14-7-5-6-13(8-14)9-16/h7-8,10,12H,3-6,11H2,1-2H3,(H,17,19). The Morgan fingerprint density at radius 2 is 2.35 bits per heavy atom. The molecule has 2 aliphatic rings. The van der Waals surface area contributed by atoms with E-state index in [2.05, 4.69) is 21.7 Å². The summed E-state index contributed by atoms with van der Waals surface area (Å²) in [5.41, 5.74) is 0.465. The van der Waals surface area contributed by atoms with Gasteiger partial charge in [0, 0.05) is 24.3 Å². The van der Waals surface area contributed by atoms with Gasteiger partial charge in [0.1, 0.15) is 0 Å². The fourth-order valence-electron chi connectivity index (χ4n) is 2.31. The van der Waals surface area contributed by atoms with Crippen molar-refractivity contribution in [1.82, 2.24) is 9.73 Å². The molecule has 0 aromatic carbocycles. The van der Waals surface area contributed by atoms with Crippen LogP contribution in [-0.4, -0.2) is 38.7 Å². The Bertz CT molecular complexity index is 713. The first-order valence-electron chi connectivity index (χ1n) is 7.69. The number of hydrogen-bond acceptors (Lipinski definition) is 5. The maximum atomic E-state index is 12.5. The Balaban J connectivity index is 2.19. The Labute approximate surface area is 137 Å². The van der Waals surface area contributed by atoms with Crippen LogP contribution in [0.4, 0.5) is 0 Å². The molecule has 0 saturated carbocycles. The summed E-state index contributed by atoms with van der Waals surface area (Å²) >= 11 is 0. The first-order chi connectivity index (χ1) is 11.0. The van der Waals surface area contributed by atoms with E-state index in [4.69, 9.17) is 5.26 Å². The zero-order chi connectivity index (χ0) is 16.9. The number of nitrogens with one attached hydrogen (secondary N) is 1. The quantitative estimate of drug-likeness (QED) is 0.625. The molecule has 8 heteroatoms. The molecule has 2 rings (SSSR count). The van der Waals surface area contributed by atoms with Crippen LogP contribution in [0.3, 0.4) is 0 Å². The minimum Gasteiger partial charge on any atom is -0.251 e. The highest BCUT2D eigenvalue weighted by Crippen LogP contribution is 2.21. The largest absolute Gasteiger partial charge is 0.263 e. The third-order valence-electron chi connectivity index (χ3n) is 3.66. The SMILES string of the molecule is CCN=C(NS(=O)(=O)C1=CCCC(C#N)=C1)N1CC(CC)C=N1. The molecule has 1 aliphatic carbocycles. The van der Waals surface area contributed by atoms with Gasteiger partial charge in [-0.2, -0.15) is 10.4 Å². The molecular weight excluding hydrogens is 314 g/mol. The molecule has 23 heavy (non-hydrogen) atoms. The van der Waals surface area contributed by atoms with E-state index in [1.165, 1.54) is 6.08 Å². The van der Waals surface area contributed by atoms with Crippen molar-refractivity contribution < 1.29 is 8.42 Å². The number of nitrogens with zero attached hydrogens (tertiary/aromatic N) is 4. The van der Waals surface area contributed by atoms with Crippen molar-refractivity contribution in [3.8, 4) is 6.07 Å². The molecule has 0 saturated heterocycles. The van der Waals surface area contributed by atoms with E-state index in [0.29, 0.717) is 37.4 Å². The van der Waals surface area contributed by atoms with E-state index in [1.54, 1.807) is 11.1 Å². The lowest BCUT2D eigenvalue weighted by Crippen LogP contribution is -2.42. The van der Waals surface area contributed by atoms with Crippen LogP contribution >= 0.6 is 0 Å². The summed E-state index contributed by atoms with van der Waals surface area (Å²) in [4.78, 5) is 4.33. The van der Waals surface area contributed by atoms with Crippen molar-refractivity contribution in [2.45, 2.75) is 33.1 Å². The maximum Gasteiger partial charge on any atom is 0.263 e. The molecule has 1 unspecified atom stereocenters. The molecule has 0 amide bonds. The highest BCUT2D eigenvalue weighted by molar-refractivity contribution is 7.94. The first kappa shape index (κ1) is 17.2. The number of guanidine groups is 1. The van der Waals surface area contributed by atoms with Gasteiger partial charge in [0.25, 0.3) is 10.0 Å². The van der Waals surface area contributed by atoms with Crippen molar-refractivity contribution in [2.24, 2.45) is 16.0 Å². The molecule has 0 fully saturated rings. The third kappa shape index (κ3) is 4.20. The Morgan fingerprint density at radius 1 is 1.57 bits per heavy atom. The van der Waals surface area contributed by atoms with Gasteiger partial charge in [-0.3, -0.25) is 4.99 Å². The van der Waals surface area contributed by atoms with Gasteiger partial charge in [-0.1, -0.05) is 13.0 Å². The maximum absolute atomic E-state index is 12.5. The molecule has 1 aliphatic heterocycles. The van der Waals surface area contributed by atoms with Crippen LogP contribution in [0.5, 0.6) is 0 Å². The summed E-state index contributed by atoms with van der Waals surface area (Å²) in [6.07, 6.45) is 6.89. The fourth-order valence-corrected chi connectivity index (χ4v) is 3.47. The van der Waals surface area contributed by atoms with Gasteiger partial charge in [0.05, 0.1) is 17.5 Å². The molecule has 0 aromatic rings. The van der Waals surface area contributed by atoms with Gasteiger partial charge in [-0.05, 0) is 32.3 Å². The molecule has 1 atom stereocenters. The second-order valence-corrected chi connectivity index (χ2v) is 7.03. The molecule has 0 radical (unpaired) electrons. The third-order valence-corrected chi connectivity index (χ3v) is 5.01. The summed E-state index contributed by atoms with van der Waals surface area (Å²) in [6, 6.07) is 2.02. The number of allylic oxidation sites excluding steroid dienone is 3. The van der Waals surface area contributed by atoms with Gasteiger partial charge in [-0.25, -0.2) is 18.1 Å². The van der Waals surface area contributed by atoms with Gasteiger partial charge in [0.15, 0.2) is 0 Å². The highest BCUT2D eigenvalue weighted by Gasteiger charge is 2.26.